The molecule has 1 aromatic heterocycles. The minimum atomic E-state index is -0.415. The average Bonchev–Trinajstić information content (AvgIpc) is 3.07. The molecule has 0 saturated carbocycles. The van der Waals surface area contributed by atoms with Crippen molar-refractivity contribution in [3.05, 3.63) is 95.2 Å². The standard InChI is InChI=1S/C25H23F2NO/c1-16(2)23-12-19-13-25(29-15-18-7-5-4-6-8-18)22(27)14-24(19)28(23)20-9-10-21(26)17(3)11-20/h4-14,16H,15H2,1-3H3. The van der Waals surface area contributed by atoms with Crippen molar-refractivity contribution < 1.29 is 13.5 Å². The number of ether oxygens (including phenoxy) is 1. The maximum Gasteiger partial charge on any atom is 0.167 e. The van der Waals surface area contributed by atoms with Gasteiger partial charge in [-0.15, -0.1) is 0 Å². The fourth-order valence-electron chi connectivity index (χ4n) is 3.56. The van der Waals surface area contributed by atoms with Crippen molar-refractivity contribution in [2.75, 3.05) is 0 Å². The van der Waals surface area contributed by atoms with Crippen molar-refractivity contribution in [1.29, 1.82) is 0 Å². The molecule has 2 nitrogen and oxygen atoms in total. The van der Waals surface area contributed by atoms with E-state index < -0.39 is 5.82 Å². The Morgan fingerprint density at radius 2 is 1.66 bits per heavy atom. The zero-order valence-corrected chi connectivity index (χ0v) is 16.7. The molecule has 0 atom stereocenters. The summed E-state index contributed by atoms with van der Waals surface area (Å²) in [4.78, 5) is 0. The third-order valence-electron chi connectivity index (χ3n) is 5.11. The van der Waals surface area contributed by atoms with Crippen LogP contribution in [0, 0.1) is 18.6 Å². The second-order valence-electron chi connectivity index (χ2n) is 7.61. The van der Waals surface area contributed by atoms with Crippen molar-refractivity contribution >= 4 is 10.9 Å². The lowest BCUT2D eigenvalue weighted by atomic mass is 10.1. The Balaban J connectivity index is 1.79. The van der Waals surface area contributed by atoms with Gasteiger partial charge in [0.2, 0.25) is 0 Å². The molecule has 0 saturated heterocycles. The Bertz CT molecular complexity index is 1160. The van der Waals surface area contributed by atoms with E-state index >= 15 is 0 Å². The fraction of sp³-hybridized carbons (Fsp3) is 0.200. The molecule has 0 aliphatic carbocycles. The normalized spacial score (nSPS) is 11.4. The lowest BCUT2D eigenvalue weighted by molar-refractivity contribution is 0.291. The number of benzene rings is 3. The van der Waals surface area contributed by atoms with Gasteiger partial charge in [-0.05, 0) is 54.3 Å². The van der Waals surface area contributed by atoms with E-state index in [-0.39, 0.29) is 17.5 Å². The molecule has 0 bridgehead atoms. The number of rotatable bonds is 5. The largest absolute Gasteiger partial charge is 0.486 e. The van der Waals surface area contributed by atoms with Crippen LogP contribution in [0.2, 0.25) is 0 Å². The lowest BCUT2D eigenvalue weighted by Crippen LogP contribution is -2.03. The predicted molar refractivity (Wildman–Crippen MR) is 113 cm³/mol. The van der Waals surface area contributed by atoms with Gasteiger partial charge in [0.25, 0.3) is 0 Å². The Hall–Kier alpha value is -3.14. The van der Waals surface area contributed by atoms with Gasteiger partial charge in [-0.2, -0.15) is 0 Å². The number of fused-ring (bicyclic) bond motifs is 1. The summed E-state index contributed by atoms with van der Waals surface area (Å²) in [5.74, 6) is -0.227. The van der Waals surface area contributed by atoms with Crippen LogP contribution >= 0.6 is 0 Å². The SMILES string of the molecule is Cc1cc(-n2c(C(C)C)cc3cc(OCc4ccccc4)c(F)cc32)ccc1F. The van der Waals surface area contributed by atoms with E-state index in [9.17, 15) is 8.78 Å². The third kappa shape index (κ3) is 3.75. The quantitative estimate of drug-likeness (QED) is 0.360. The summed E-state index contributed by atoms with van der Waals surface area (Å²) in [5, 5.41) is 0.889. The molecule has 0 aliphatic rings. The van der Waals surface area contributed by atoms with E-state index in [0.717, 1.165) is 27.8 Å². The van der Waals surface area contributed by atoms with Crippen LogP contribution in [-0.2, 0) is 6.61 Å². The summed E-state index contributed by atoms with van der Waals surface area (Å²) < 4.78 is 36.4. The molecule has 0 radical (unpaired) electrons. The number of halogens is 2. The average molecular weight is 391 g/mol. The Morgan fingerprint density at radius 3 is 2.34 bits per heavy atom. The van der Waals surface area contributed by atoms with Gasteiger partial charge in [0.05, 0.1) is 5.52 Å². The summed E-state index contributed by atoms with van der Waals surface area (Å²) in [7, 11) is 0. The molecule has 0 N–H and O–H groups in total. The summed E-state index contributed by atoms with van der Waals surface area (Å²) >= 11 is 0. The van der Waals surface area contributed by atoms with Crippen LogP contribution in [0.15, 0.2) is 66.7 Å². The van der Waals surface area contributed by atoms with Gasteiger partial charge in [-0.25, -0.2) is 8.78 Å². The van der Waals surface area contributed by atoms with Crippen LogP contribution in [0.1, 0.15) is 36.6 Å². The number of aryl methyl sites for hydroxylation is 1. The van der Waals surface area contributed by atoms with Gasteiger partial charge in [-0.3, -0.25) is 0 Å². The van der Waals surface area contributed by atoms with Gasteiger partial charge in [-0.1, -0.05) is 44.2 Å². The molecule has 148 valence electrons. The molecule has 3 aromatic carbocycles. The molecule has 0 aliphatic heterocycles. The second-order valence-corrected chi connectivity index (χ2v) is 7.61. The van der Waals surface area contributed by atoms with Crippen molar-refractivity contribution in [3.8, 4) is 11.4 Å². The Morgan fingerprint density at radius 1 is 0.897 bits per heavy atom. The van der Waals surface area contributed by atoms with Gasteiger partial charge in [0, 0.05) is 22.8 Å². The van der Waals surface area contributed by atoms with E-state index in [1.54, 1.807) is 25.1 Å². The maximum absolute atomic E-state index is 14.9. The zero-order chi connectivity index (χ0) is 20.5. The smallest absolute Gasteiger partial charge is 0.167 e. The first-order valence-electron chi connectivity index (χ1n) is 9.72. The first-order chi connectivity index (χ1) is 13.9. The molecule has 4 aromatic rings. The molecule has 4 heteroatoms. The molecule has 1 heterocycles. The summed E-state index contributed by atoms with van der Waals surface area (Å²) in [6.07, 6.45) is 0. The predicted octanol–water partition coefficient (Wildman–Crippen LogP) is 6.92. The van der Waals surface area contributed by atoms with Gasteiger partial charge >= 0.3 is 0 Å². The highest BCUT2D eigenvalue weighted by molar-refractivity contribution is 5.85. The molecule has 29 heavy (non-hydrogen) atoms. The van der Waals surface area contributed by atoms with Crippen LogP contribution in [0.4, 0.5) is 8.78 Å². The van der Waals surface area contributed by atoms with Crippen molar-refractivity contribution in [1.82, 2.24) is 4.57 Å². The minimum Gasteiger partial charge on any atom is -0.486 e. The van der Waals surface area contributed by atoms with Crippen LogP contribution in [0.3, 0.4) is 0 Å². The first-order valence-corrected chi connectivity index (χ1v) is 9.72. The third-order valence-corrected chi connectivity index (χ3v) is 5.11. The number of nitrogens with zero attached hydrogens (tertiary/aromatic N) is 1. The monoisotopic (exact) mass is 391 g/mol. The van der Waals surface area contributed by atoms with Crippen LogP contribution in [0.5, 0.6) is 5.75 Å². The maximum atomic E-state index is 14.9. The van der Waals surface area contributed by atoms with E-state index in [1.807, 2.05) is 41.0 Å². The molecular weight excluding hydrogens is 368 g/mol. The number of hydrogen-bond donors (Lipinski definition) is 0. The van der Waals surface area contributed by atoms with E-state index in [0.29, 0.717) is 12.2 Å². The molecule has 0 unspecified atom stereocenters. The van der Waals surface area contributed by atoms with Crippen LogP contribution in [-0.4, -0.2) is 4.57 Å². The second kappa shape index (κ2) is 7.70. The molecule has 0 fully saturated rings. The van der Waals surface area contributed by atoms with E-state index in [4.69, 9.17) is 4.74 Å². The van der Waals surface area contributed by atoms with Crippen LogP contribution in [0.25, 0.3) is 16.6 Å². The molecule has 0 amide bonds. The van der Waals surface area contributed by atoms with Crippen molar-refractivity contribution in [3.63, 3.8) is 0 Å². The van der Waals surface area contributed by atoms with Gasteiger partial charge in [0.15, 0.2) is 11.6 Å². The lowest BCUT2D eigenvalue weighted by Gasteiger charge is -2.15. The van der Waals surface area contributed by atoms with Crippen molar-refractivity contribution in [2.24, 2.45) is 0 Å². The molecule has 0 spiro atoms. The number of hydrogen-bond acceptors (Lipinski definition) is 1. The van der Waals surface area contributed by atoms with E-state index in [1.165, 1.54) is 12.1 Å². The number of aromatic nitrogens is 1. The summed E-state index contributed by atoms with van der Waals surface area (Å²) in [6, 6.07) is 19.9. The summed E-state index contributed by atoms with van der Waals surface area (Å²) in [5.41, 5.74) is 4.13. The highest BCUT2D eigenvalue weighted by Gasteiger charge is 2.17. The Kier molecular flexibility index (Phi) is 5.10. The Labute approximate surface area is 169 Å². The molecular formula is C25H23F2NO. The fourth-order valence-corrected chi connectivity index (χ4v) is 3.56. The topological polar surface area (TPSA) is 14.2 Å². The molecule has 4 rings (SSSR count). The van der Waals surface area contributed by atoms with Gasteiger partial charge < -0.3 is 9.30 Å². The first kappa shape index (κ1) is 19.2. The van der Waals surface area contributed by atoms with E-state index in [2.05, 4.69) is 13.8 Å². The zero-order valence-electron chi connectivity index (χ0n) is 16.7. The van der Waals surface area contributed by atoms with Crippen molar-refractivity contribution in [2.45, 2.75) is 33.3 Å². The highest BCUT2D eigenvalue weighted by atomic mass is 19.1. The van der Waals surface area contributed by atoms with Crippen LogP contribution < -0.4 is 4.74 Å². The van der Waals surface area contributed by atoms with Gasteiger partial charge in [0.1, 0.15) is 12.4 Å². The summed E-state index contributed by atoms with van der Waals surface area (Å²) in [6.45, 7) is 6.21. The minimum absolute atomic E-state index is 0.213. The highest BCUT2D eigenvalue weighted by Crippen LogP contribution is 2.33.